The molecule has 52 valence electrons. The van der Waals surface area contributed by atoms with Gasteiger partial charge in [-0.25, -0.2) is 0 Å². The van der Waals surface area contributed by atoms with E-state index in [4.69, 9.17) is 5.26 Å². The standard InChI is InChI=1S/C5H9NO2S/c6-4-2-1-3-5-9(7)8/h1-3,5H2,(H,7,8)/p-1. The molecule has 0 heterocycles. The van der Waals surface area contributed by atoms with Gasteiger partial charge in [-0.05, 0) is 12.8 Å². The first-order chi connectivity index (χ1) is 4.27. The van der Waals surface area contributed by atoms with Crippen LogP contribution in [0, 0.1) is 11.3 Å². The lowest BCUT2D eigenvalue weighted by Crippen LogP contribution is -1.93. The number of hydrogen-bond donors (Lipinski definition) is 0. The molecule has 0 aliphatic heterocycles. The summed E-state index contributed by atoms with van der Waals surface area (Å²) in [6, 6.07) is 1.94. The second kappa shape index (κ2) is 5.73. The molecular weight excluding hydrogens is 138 g/mol. The van der Waals surface area contributed by atoms with Crippen molar-refractivity contribution in [1.82, 2.24) is 0 Å². The molecule has 0 aromatic rings. The minimum atomic E-state index is -1.93. The number of nitriles is 1. The van der Waals surface area contributed by atoms with Crippen LogP contribution in [0.25, 0.3) is 0 Å². The molecule has 0 amide bonds. The van der Waals surface area contributed by atoms with E-state index in [1.165, 1.54) is 0 Å². The summed E-state index contributed by atoms with van der Waals surface area (Å²) < 4.78 is 19.8. The van der Waals surface area contributed by atoms with E-state index in [1.807, 2.05) is 6.07 Å². The molecule has 0 bridgehead atoms. The van der Waals surface area contributed by atoms with Gasteiger partial charge in [-0.15, -0.1) is 0 Å². The summed E-state index contributed by atoms with van der Waals surface area (Å²) in [5.41, 5.74) is 0. The van der Waals surface area contributed by atoms with E-state index in [1.54, 1.807) is 0 Å². The van der Waals surface area contributed by atoms with Gasteiger partial charge in [0.2, 0.25) is 0 Å². The van der Waals surface area contributed by atoms with Crippen LogP contribution in [0.1, 0.15) is 19.3 Å². The highest BCUT2D eigenvalue weighted by Crippen LogP contribution is 1.93. The summed E-state index contributed by atoms with van der Waals surface area (Å²) in [6.45, 7) is 0. The molecule has 0 aromatic carbocycles. The van der Waals surface area contributed by atoms with Gasteiger partial charge in [0, 0.05) is 12.2 Å². The molecule has 0 aliphatic carbocycles. The maximum atomic E-state index is 9.88. The first kappa shape index (κ1) is 8.60. The van der Waals surface area contributed by atoms with E-state index in [0.29, 0.717) is 19.3 Å². The lowest BCUT2D eigenvalue weighted by Gasteiger charge is -2.00. The quantitative estimate of drug-likeness (QED) is 0.430. The first-order valence-corrected chi connectivity index (χ1v) is 3.94. The third-order valence-corrected chi connectivity index (χ3v) is 1.47. The van der Waals surface area contributed by atoms with Crippen LogP contribution in [0.3, 0.4) is 0 Å². The highest BCUT2D eigenvalue weighted by Gasteiger charge is 1.85. The summed E-state index contributed by atoms with van der Waals surface area (Å²) in [4.78, 5) is 0. The van der Waals surface area contributed by atoms with Crippen LogP contribution in [-0.4, -0.2) is 14.5 Å². The van der Waals surface area contributed by atoms with Crippen molar-refractivity contribution in [1.29, 1.82) is 5.26 Å². The molecule has 0 rings (SSSR count). The Bertz CT molecular complexity index is 129. The molecule has 0 fully saturated rings. The molecule has 1 atom stereocenters. The second-order valence-corrected chi connectivity index (χ2v) is 2.64. The third kappa shape index (κ3) is 7.60. The number of rotatable bonds is 4. The third-order valence-electron chi connectivity index (χ3n) is 0.850. The average Bonchev–Trinajstić information content (AvgIpc) is 1.80. The van der Waals surface area contributed by atoms with E-state index in [9.17, 15) is 8.76 Å². The van der Waals surface area contributed by atoms with Crippen molar-refractivity contribution in [3.8, 4) is 6.07 Å². The number of unbranched alkanes of at least 4 members (excludes halogenated alkanes) is 2. The fourth-order valence-electron chi connectivity index (χ4n) is 0.424. The van der Waals surface area contributed by atoms with Crippen molar-refractivity contribution in [2.75, 3.05) is 5.75 Å². The van der Waals surface area contributed by atoms with Crippen LogP contribution in [0.2, 0.25) is 0 Å². The number of nitrogens with zero attached hydrogens (tertiary/aromatic N) is 1. The maximum absolute atomic E-state index is 9.88. The van der Waals surface area contributed by atoms with Gasteiger partial charge >= 0.3 is 0 Å². The number of hydrogen-bond acceptors (Lipinski definition) is 3. The van der Waals surface area contributed by atoms with E-state index >= 15 is 0 Å². The van der Waals surface area contributed by atoms with Gasteiger partial charge in [0.15, 0.2) is 0 Å². The van der Waals surface area contributed by atoms with E-state index < -0.39 is 11.1 Å². The molecule has 1 unspecified atom stereocenters. The van der Waals surface area contributed by atoms with Crippen molar-refractivity contribution >= 4 is 11.1 Å². The van der Waals surface area contributed by atoms with Crippen molar-refractivity contribution in [3.63, 3.8) is 0 Å². The Morgan fingerprint density at radius 1 is 1.56 bits per heavy atom. The summed E-state index contributed by atoms with van der Waals surface area (Å²) in [5, 5.41) is 8.03. The Balaban J connectivity index is 2.94. The van der Waals surface area contributed by atoms with Crippen LogP contribution in [-0.2, 0) is 11.1 Å². The zero-order chi connectivity index (χ0) is 7.11. The van der Waals surface area contributed by atoms with Gasteiger partial charge in [-0.3, -0.25) is 4.21 Å². The van der Waals surface area contributed by atoms with Crippen molar-refractivity contribution in [2.24, 2.45) is 0 Å². The van der Waals surface area contributed by atoms with Crippen LogP contribution in [0.5, 0.6) is 0 Å². The predicted octanol–water partition coefficient (Wildman–Crippen LogP) is 0.559. The maximum Gasteiger partial charge on any atom is 0.0621 e. The van der Waals surface area contributed by atoms with Gasteiger partial charge in [-0.1, -0.05) is 11.1 Å². The minimum absolute atomic E-state index is 0.182. The van der Waals surface area contributed by atoms with E-state index in [0.717, 1.165) is 0 Å². The summed E-state index contributed by atoms with van der Waals surface area (Å²) in [5.74, 6) is 0.182. The normalized spacial score (nSPS) is 12.4. The molecule has 0 radical (unpaired) electrons. The Hall–Kier alpha value is -0.400. The van der Waals surface area contributed by atoms with Gasteiger partial charge in [0.05, 0.1) is 6.07 Å². The zero-order valence-corrected chi connectivity index (χ0v) is 5.82. The van der Waals surface area contributed by atoms with Gasteiger partial charge in [0.1, 0.15) is 0 Å². The minimum Gasteiger partial charge on any atom is -0.772 e. The monoisotopic (exact) mass is 146 g/mol. The van der Waals surface area contributed by atoms with Crippen LogP contribution in [0.4, 0.5) is 0 Å². The zero-order valence-electron chi connectivity index (χ0n) is 5.00. The Morgan fingerprint density at radius 2 is 2.22 bits per heavy atom. The highest BCUT2D eigenvalue weighted by molar-refractivity contribution is 7.79. The fraction of sp³-hybridized carbons (Fsp3) is 0.800. The Labute approximate surface area is 57.0 Å². The molecule has 4 heteroatoms. The van der Waals surface area contributed by atoms with Crippen molar-refractivity contribution in [3.05, 3.63) is 0 Å². The SMILES string of the molecule is N#CCCCCS(=O)[O-]. The molecule has 0 aliphatic rings. The molecule has 3 nitrogen and oxygen atoms in total. The van der Waals surface area contributed by atoms with E-state index in [-0.39, 0.29) is 5.75 Å². The summed E-state index contributed by atoms with van der Waals surface area (Å²) in [7, 11) is 0. The van der Waals surface area contributed by atoms with Crippen molar-refractivity contribution in [2.45, 2.75) is 19.3 Å². The molecule has 9 heavy (non-hydrogen) atoms. The first-order valence-electron chi connectivity index (χ1n) is 2.70. The summed E-state index contributed by atoms with van der Waals surface area (Å²) >= 11 is -1.93. The largest absolute Gasteiger partial charge is 0.772 e. The highest BCUT2D eigenvalue weighted by atomic mass is 32.2. The Morgan fingerprint density at radius 3 is 2.67 bits per heavy atom. The fourth-order valence-corrected chi connectivity index (χ4v) is 0.864. The lowest BCUT2D eigenvalue weighted by molar-refractivity contribution is 0.534. The Kier molecular flexibility index (Phi) is 5.48. The van der Waals surface area contributed by atoms with Crippen LogP contribution in [0.15, 0.2) is 0 Å². The topological polar surface area (TPSA) is 63.9 Å². The van der Waals surface area contributed by atoms with Gasteiger partial charge < -0.3 is 4.55 Å². The lowest BCUT2D eigenvalue weighted by atomic mass is 10.3. The van der Waals surface area contributed by atoms with Crippen LogP contribution < -0.4 is 0 Å². The van der Waals surface area contributed by atoms with Gasteiger partial charge in [0.25, 0.3) is 0 Å². The second-order valence-electron chi connectivity index (χ2n) is 1.62. The van der Waals surface area contributed by atoms with Crippen molar-refractivity contribution < 1.29 is 8.76 Å². The molecule has 0 saturated carbocycles. The predicted molar refractivity (Wildman–Crippen MR) is 33.3 cm³/mol. The summed E-state index contributed by atoms with van der Waals surface area (Å²) in [6.07, 6.45) is 1.74. The van der Waals surface area contributed by atoms with Gasteiger partial charge in [-0.2, -0.15) is 5.26 Å². The van der Waals surface area contributed by atoms with E-state index in [2.05, 4.69) is 0 Å². The average molecular weight is 146 g/mol. The molecule has 0 saturated heterocycles. The van der Waals surface area contributed by atoms with Crippen LogP contribution >= 0.6 is 0 Å². The molecule has 0 spiro atoms. The smallest absolute Gasteiger partial charge is 0.0621 e. The molecular formula is C5H8NO2S-. The molecule has 0 aromatic heterocycles. The molecule has 0 N–H and O–H groups in total.